The van der Waals surface area contributed by atoms with Crippen molar-refractivity contribution in [2.75, 3.05) is 17.3 Å². The SMILES string of the molecule is CS(=O)(=O)c1ccc2nc(NC(=O)CCCSCc3ccccc3)sc2c1. The predicted molar refractivity (Wildman–Crippen MR) is 113 cm³/mol. The van der Waals surface area contributed by atoms with E-state index in [-0.39, 0.29) is 10.8 Å². The Bertz CT molecular complexity index is 1030. The zero-order valence-corrected chi connectivity index (χ0v) is 17.3. The molecule has 0 bridgehead atoms. The summed E-state index contributed by atoms with van der Waals surface area (Å²) in [4.78, 5) is 16.7. The second-order valence-electron chi connectivity index (χ2n) is 6.11. The summed E-state index contributed by atoms with van der Waals surface area (Å²) in [7, 11) is -3.26. The third kappa shape index (κ3) is 5.79. The van der Waals surface area contributed by atoms with E-state index in [0.717, 1.165) is 22.6 Å². The quantitative estimate of drug-likeness (QED) is 0.548. The molecule has 0 spiro atoms. The molecule has 5 nitrogen and oxygen atoms in total. The third-order valence-electron chi connectivity index (χ3n) is 3.84. The van der Waals surface area contributed by atoms with E-state index in [0.29, 0.717) is 17.1 Å². The molecule has 0 aliphatic heterocycles. The van der Waals surface area contributed by atoms with Gasteiger partial charge in [-0.3, -0.25) is 4.79 Å². The number of fused-ring (bicyclic) bond motifs is 1. The average Bonchev–Trinajstić information content (AvgIpc) is 3.02. The molecule has 27 heavy (non-hydrogen) atoms. The minimum Gasteiger partial charge on any atom is -0.302 e. The summed E-state index contributed by atoms with van der Waals surface area (Å²) in [6.45, 7) is 0. The molecule has 0 aliphatic carbocycles. The molecule has 8 heteroatoms. The number of rotatable bonds is 8. The largest absolute Gasteiger partial charge is 0.302 e. The number of amides is 1. The number of thioether (sulfide) groups is 1. The first-order valence-corrected chi connectivity index (χ1v) is 12.3. The van der Waals surface area contributed by atoms with Gasteiger partial charge in [-0.2, -0.15) is 11.8 Å². The van der Waals surface area contributed by atoms with E-state index < -0.39 is 9.84 Å². The minimum atomic E-state index is -3.26. The van der Waals surface area contributed by atoms with Crippen LogP contribution in [0.5, 0.6) is 0 Å². The van der Waals surface area contributed by atoms with Crippen molar-refractivity contribution in [2.24, 2.45) is 0 Å². The fourth-order valence-corrected chi connectivity index (χ4v) is 5.03. The van der Waals surface area contributed by atoms with E-state index in [4.69, 9.17) is 0 Å². The van der Waals surface area contributed by atoms with Gasteiger partial charge >= 0.3 is 0 Å². The smallest absolute Gasteiger partial charge is 0.226 e. The Kier molecular flexibility index (Phi) is 6.51. The molecule has 0 radical (unpaired) electrons. The summed E-state index contributed by atoms with van der Waals surface area (Å²) in [5.41, 5.74) is 1.97. The lowest BCUT2D eigenvalue weighted by molar-refractivity contribution is -0.116. The number of carbonyl (C=O) groups excluding carboxylic acids is 1. The zero-order valence-electron chi connectivity index (χ0n) is 14.8. The lowest BCUT2D eigenvalue weighted by Gasteiger charge is -2.03. The molecule has 0 aliphatic rings. The van der Waals surface area contributed by atoms with Gasteiger partial charge in [0.1, 0.15) is 0 Å². The zero-order chi connectivity index (χ0) is 19.3. The average molecular weight is 421 g/mol. The third-order valence-corrected chi connectivity index (χ3v) is 7.00. The minimum absolute atomic E-state index is 0.0716. The Hall–Kier alpha value is -1.90. The van der Waals surface area contributed by atoms with Gasteiger partial charge in [-0.15, -0.1) is 0 Å². The monoisotopic (exact) mass is 420 g/mol. The number of nitrogens with zero attached hydrogens (tertiary/aromatic N) is 1. The molecule has 1 N–H and O–H groups in total. The highest BCUT2D eigenvalue weighted by atomic mass is 32.2. The first kappa shape index (κ1) is 19.9. The van der Waals surface area contributed by atoms with Crippen LogP contribution in [-0.4, -0.2) is 31.3 Å². The van der Waals surface area contributed by atoms with E-state index in [1.807, 2.05) is 30.0 Å². The van der Waals surface area contributed by atoms with E-state index in [1.54, 1.807) is 12.1 Å². The van der Waals surface area contributed by atoms with E-state index in [1.165, 1.54) is 29.2 Å². The summed E-state index contributed by atoms with van der Waals surface area (Å²) in [6, 6.07) is 15.1. The Morgan fingerprint density at radius 1 is 1.19 bits per heavy atom. The second kappa shape index (κ2) is 8.86. The number of benzene rings is 2. The van der Waals surface area contributed by atoms with Gasteiger partial charge < -0.3 is 5.32 Å². The molecule has 0 fully saturated rings. The van der Waals surface area contributed by atoms with Crippen LogP contribution >= 0.6 is 23.1 Å². The normalized spacial score (nSPS) is 11.6. The first-order valence-electron chi connectivity index (χ1n) is 8.44. The maximum atomic E-state index is 12.1. The summed E-state index contributed by atoms with van der Waals surface area (Å²) < 4.78 is 24.0. The van der Waals surface area contributed by atoms with E-state index >= 15 is 0 Å². The van der Waals surface area contributed by atoms with Crippen molar-refractivity contribution < 1.29 is 13.2 Å². The van der Waals surface area contributed by atoms with Crippen LogP contribution in [0.25, 0.3) is 10.2 Å². The molecular weight excluding hydrogens is 400 g/mol. The maximum Gasteiger partial charge on any atom is 0.226 e. The van der Waals surface area contributed by atoms with E-state index in [2.05, 4.69) is 22.4 Å². The fraction of sp³-hybridized carbons (Fsp3) is 0.263. The van der Waals surface area contributed by atoms with Gasteiger partial charge in [0.05, 0.1) is 15.1 Å². The van der Waals surface area contributed by atoms with Gasteiger partial charge in [-0.1, -0.05) is 41.7 Å². The molecule has 0 saturated carbocycles. The molecule has 3 aromatic rings. The van der Waals surface area contributed by atoms with Crippen molar-refractivity contribution in [2.45, 2.75) is 23.5 Å². The summed E-state index contributed by atoms with van der Waals surface area (Å²) in [5.74, 6) is 1.79. The van der Waals surface area contributed by atoms with Crippen molar-refractivity contribution >= 4 is 54.2 Å². The first-order chi connectivity index (χ1) is 12.9. The van der Waals surface area contributed by atoms with Gasteiger partial charge in [0.25, 0.3) is 0 Å². The van der Waals surface area contributed by atoms with Crippen LogP contribution < -0.4 is 5.32 Å². The number of hydrogen-bond acceptors (Lipinski definition) is 6. The number of thiazole rings is 1. The predicted octanol–water partition coefficient (Wildman–Crippen LogP) is 4.35. The molecule has 1 aromatic heterocycles. The van der Waals surface area contributed by atoms with Gasteiger partial charge in [0.2, 0.25) is 5.91 Å². The Morgan fingerprint density at radius 2 is 1.96 bits per heavy atom. The molecular formula is C19H20N2O3S3. The Labute approximate surface area is 167 Å². The molecule has 2 aromatic carbocycles. The summed E-state index contributed by atoms with van der Waals surface area (Å²) >= 11 is 3.10. The molecule has 0 saturated heterocycles. The number of sulfone groups is 1. The number of aromatic nitrogens is 1. The molecule has 142 valence electrons. The summed E-state index contributed by atoms with van der Waals surface area (Å²) in [6.07, 6.45) is 2.41. The molecule has 0 unspecified atom stereocenters. The van der Waals surface area contributed by atoms with Crippen molar-refractivity contribution in [1.29, 1.82) is 0 Å². The molecule has 1 heterocycles. The molecule has 0 atom stereocenters. The highest BCUT2D eigenvalue weighted by Gasteiger charge is 2.12. The van der Waals surface area contributed by atoms with Crippen molar-refractivity contribution in [3.05, 3.63) is 54.1 Å². The van der Waals surface area contributed by atoms with Crippen LogP contribution in [0.3, 0.4) is 0 Å². The Morgan fingerprint density at radius 3 is 2.70 bits per heavy atom. The van der Waals surface area contributed by atoms with Crippen LogP contribution in [0, 0.1) is 0 Å². The van der Waals surface area contributed by atoms with Crippen LogP contribution in [0.4, 0.5) is 5.13 Å². The number of anilines is 1. The fourth-order valence-electron chi connectivity index (χ4n) is 2.47. The van der Waals surface area contributed by atoms with Crippen molar-refractivity contribution in [1.82, 2.24) is 4.98 Å². The van der Waals surface area contributed by atoms with Crippen molar-refractivity contribution in [3.63, 3.8) is 0 Å². The van der Waals surface area contributed by atoms with Crippen molar-refractivity contribution in [3.8, 4) is 0 Å². The van der Waals surface area contributed by atoms with E-state index in [9.17, 15) is 13.2 Å². The highest BCUT2D eigenvalue weighted by molar-refractivity contribution is 7.98. The lowest BCUT2D eigenvalue weighted by Crippen LogP contribution is -2.11. The lowest BCUT2D eigenvalue weighted by atomic mass is 10.2. The summed E-state index contributed by atoms with van der Waals surface area (Å²) in [5, 5.41) is 3.31. The van der Waals surface area contributed by atoms with Crippen LogP contribution in [0.15, 0.2) is 53.4 Å². The Balaban J connectivity index is 1.47. The molecule has 3 rings (SSSR count). The number of nitrogens with one attached hydrogen (secondary N) is 1. The van der Waals surface area contributed by atoms with Crippen LogP contribution in [-0.2, 0) is 20.4 Å². The topological polar surface area (TPSA) is 76.1 Å². The standard InChI is InChI=1S/C19H20N2O3S3/c1-27(23,24)15-9-10-16-17(12-15)26-19(20-16)21-18(22)8-5-11-25-13-14-6-3-2-4-7-14/h2-4,6-7,9-10,12H,5,8,11,13H2,1H3,(H,20,21,22). The second-order valence-corrected chi connectivity index (χ2v) is 10.3. The number of hydrogen-bond donors (Lipinski definition) is 1. The van der Waals surface area contributed by atoms with Crippen LogP contribution in [0.1, 0.15) is 18.4 Å². The van der Waals surface area contributed by atoms with Gasteiger partial charge in [-0.25, -0.2) is 13.4 Å². The van der Waals surface area contributed by atoms with Crippen LogP contribution in [0.2, 0.25) is 0 Å². The maximum absolute atomic E-state index is 12.1. The highest BCUT2D eigenvalue weighted by Crippen LogP contribution is 2.28. The van der Waals surface area contributed by atoms with Gasteiger partial charge in [0.15, 0.2) is 15.0 Å². The van der Waals surface area contributed by atoms with Gasteiger partial charge in [0, 0.05) is 18.4 Å². The number of carbonyl (C=O) groups is 1. The van der Waals surface area contributed by atoms with Gasteiger partial charge in [-0.05, 0) is 35.9 Å². The molecule has 1 amide bonds.